The third-order valence-corrected chi connectivity index (χ3v) is 3.19. The molecular formula is C16H13F3N4O2. The lowest BCUT2D eigenvalue weighted by Gasteiger charge is -2.08. The second-order valence-electron chi connectivity index (χ2n) is 5.44. The minimum atomic E-state index is -1.72. The molecule has 0 spiro atoms. The molecule has 1 N–H and O–H groups in total. The van der Waals surface area contributed by atoms with E-state index in [1.165, 1.54) is 4.52 Å². The number of hydrogen-bond acceptors (Lipinski definition) is 4. The summed E-state index contributed by atoms with van der Waals surface area (Å²) in [4.78, 5) is 16.1. The predicted molar refractivity (Wildman–Crippen MR) is 83.0 cm³/mol. The van der Waals surface area contributed by atoms with Crippen LogP contribution in [0, 0.1) is 17.5 Å². The number of ether oxygens (including phenoxy) is 1. The number of carbonyl (C=O) groups excluding carboxylic acids is 1. The molecule has 0 radical (unpaired) electrons. The van der Waals surface area contributed by atoms with Gasteiger partial charge in [-0.15, -0.1) is 5.10 Å². The Morgan fingerprint density at radius 1 is 1.20 bits per heavy atom. The second-order valence-corrected chi connectivity index (χ2v) is 5.44. The van der Waals surface area contributed by atoms with Gasteiger partial charge in [-0.05, 0) is 32.0 Å². The fourth-order valence-corrected chi connectivity index (χ4v) is 2.13. The van der Waals surface area contributed by atoms with Gasteiger partial charge < -0.3 is 4.74 Å². The van der Waals surface area contributed by atoms with E-state index in [4.69, 9.17) is 4.74 Å². The molecule has 0 bridgehead atoms. The molecule has 0 saturated heterocycles. The van der Waals surface area contributed by atoms with Crippen molar-refractivity contribution in [3.8, 4) is 5.75 Å². The number of pyridine rings is 1. The Bertz CT molecular complexity index is 956. The molecule has 6 nitrogen and oxygen atoms in total. The molecule has 0 unspecified atom stereocenters. The first kappa shape index (κ1) is 16.7. The zero-order valence-corrected chi connectivity index (χ0v) is 13.3. The molecule has 1 aromatic carbocycles. The van der Waals surface area contributed by atoms with Crippen LogP contribution in [0.15, 0.2) is 30.5 Å². The number of carbonyl (C=O) groups is 1. The van der Waals surface area contributed by atoms with Crippen LogP contribution in [0.25, 0.3) is 5.65 Å². The molecule has 9 heteroatoms. The number of nitrogens with zero attached hydrogens (tertiary/aromatic N) is 3. The standard InChI is InChI=1S/C16H13F3N4O2/c1-8(2)25-9-5-6-23-12(7-9)20-16(22-23)21-15(24)10-3-4-11(17)14(19)13(10)18/h3-8H,1-2H3,(H,21,22,24). The zero-order valence-electron chi connectivity index (χ0n) is 13.3. The highest BCUT2D eigenvalue weighted by Gasteiger charge is 2.20. The van der Waals surface area contributed by atoms with Gasteiger partial charge in [0.2, 0.25) is 5.95 Å². The molecule has 2 heterocycles. The van der Waals surface area contributed by atoms with Crippen LogP contribution in [0.3, 0.4) is 0 Å². The Morgan fingerprint density at radius 3 is 2.68 bits per heavy atom. The normalized spacial score (nSPS) is 11.1. The van der Waals surface area contributed by atoms with E-state index in [-0.39, 0.29) is 12.1 Å². The first-order valence-corrected chi connectivity index (χ1v) is 7.33. The highest BCUT2D eigenvalue weighted by molar-refractivity contribution is 6.03. The van der Waals surface area contributed by atoms with Crippen LogP contribution in [0.1, 0.15) is 24.2 Å². The molecule has 0 aliphatic carbocycles. The summed E-state index contributed by atoms with van der Waals surface area (Å²) in [5, 5.41) is 6.24. The number of hydrogen-bond donors (Lipinski definition) is 1. The van der Waals surface area contributed by atoms with Crippen molar-refractivity contribution in [2.75, 3.05) is 5.32 Å². The molecule has 0 atom stereocenters. The number of aromatic nitrogens is 3. The van der Waals surface area contributed by atoms with Crippen molar-refractivity contribution in [3.63, 3.8) is 0 Å². The summed E-state index contributed by atoms with van der Waals surface area (Å²) in [7, 11) is 0. The first-order valence-electron chi connectivity index (χ1n) is 7.33. The van der Waals surface area contributed by atoms with Crippen molar-refractivity contribution < 1.29 is 22.7 Å². The van der Waals surface area contributed by atoms with Gasteiger partial charge in [0.25, 0.3) is 5.91 Å². The van der Waals surface area contributed by atoms with Crippen LogP contribution in [0.2, 0.25) is 0 Å². The highest BCUT2D eigenvalue weighted by atomic mass is 19.2. The molecular weight excluding hydrogens is 337 g/mol. The Morgan fingerprint density at radius 2 is 1.96 bits per heavy atom. The molecule has 3 aromatic rings. The minimum Gasteiger partial charge on any atom is -0.491 e. The summed E-state index contributed by atoms with van der Waals surface area (Å²) in [6, 6.07) is 4.79. The Labute approximate surface area is 140 Å². The summed E-state index contributed by atoms with van der Waals surface area (Å²) in [5.41, 5.74) is -0.263. The van der Waals surface area contributed by atoms with Crippen molar-refractivity contribution in [1.82, 2.24) is 14.6 Å². The molecule has 0 saturated carbocycles. The van der Waals surface area contributed by atoms with E-state index in [1.807, 2.05) is 13.8 Å². The van der Waals surface area contributed by atoms with Crippen LogP contribution in [-0.4, -0.2) is 26.6 Å². The van der Waals surface area contributed by atoms with Crippen molar-refractivity contribution in [2.24, 2.45) is 0 Å². The highest BCUT2D eigenvalue weighted by Crippen LogP contribution is 2.18. The predicted octanol–water partition coefficient (Wildman–Crippen LogP) is 3.19. The molecule has 2 aromatic heterocycles. The van der Waals surface area contributed by atoms with Crippen LogP contribution in [0.5, 0.6) is 5.75 Å². The van der Waals surface area contributed by atoms with E-state index in [2.05, 4.69) is 15.4 Å². The third kappa shape index (κ3) is 3.39. The molecule has 3 rings (SSSR count). The van der Waals surface area contributed by atoms with Crippen molar-refractivity contribution in [1.29, 1.82) is 0 Å². The average molecular weight is 350 g/mol. The summed E-state index contributed by atoms with van der Waals surface area (Å²) >= 11 is 0. The second kappa shape index (κ2) is 6.42. The summed E-state index contributed by atoms with van der Waals surface area (Å²) in [5.74, 6) is -5.21. The smallest absolute Gasteiger partial charge is 0.261 e. The fraction of sp³-hybridized carbons (Fsp3) is 0.188. The lowest BCUT2D eigenvalue weighted by Crippen LogP contribution is -2.16. The van der Waals surface area contributed by atoms with Gasteiger partial charge in [0.1, 0.15) is 5.75 Å². The van der Waals surface area contributed by atoms with Gasteiger partial charge in [0.15, 0.2) is 23.1 Å². The van der Waals surface area contributed by atoms with Crippen LogP contribution >= 0.6 is 0 Å². The number of halogens is 3. The van der Waals surface area contributed by atoms with Crippen molar-refractivity contribution in [2.45, 2.75) is 20.0 Å². The summed E-state index contributed by atoms with van der Waals surface area (Å²) in [6.45, 7) is 3.74. The van der Waals surface area contributed by atoms with Crippen LogP contribution in [0.4, 0.5) is 19.1 Å². The molecule has 130 valence electrons. The number of nitrogens with one attached hydrogen (secondary N) is 1. The molecule has 0 aliphatic heterocycles. The quantitative estimate of drug-likeness (QED) is 0.734. The Kier molecular flexibility index (Phi) is 4.30. The topological polar surface area (TPSA) is 68.5 Å². The van der Waals surface area contributed by atoms with E-state index in [9.17, 15) is 18.0 Å². The SMILES string of the molecule is CC(C)Oc1ccn2nc(NC(=O)c3ccc(F)c(F)c3F)nc2c1. The summed E-state index contributed by atoms with van der Waals surface area (Å²) in [6.07, 6.45) is 1.55. The number of anilines is 1. The largest absolute Gasteiger partial charge is 0.491 e. The maximum absolute atomic E-state index is 13.7. The lowest BCUT2D eigenvalue weighted by molar-refractivity contribution is 0.102. The maximum atomic E-state index is 13.7. The summed E-state index contributed by atoms with van der Waals surface area (Å²) < 4.78 is 46.7. The van der Waals surface area contributed by atoms with E-state index in [1.54, 1.807) is 18.3 Å². The number of fused-ring (bicyclic) bond motifs is 1. The van der Waals surface area contributed by atoms with Gasteiger partial charge in [-0.2, -0.15) is 4.98 Å². The average Bonchev–Trinajstić information content (AvgIpc) is 2.93. The molecule has 25 heavy (non-hydrogen) atoms. The monoisotopic (exact) mass is 350 g/mol. The van der Waals surface area contributed by atoms with Crippen LogP contribution < -0.4 is 10.1 Å². The lowest BCUT2D eigenvalue weighted by atomic mass is 10.2. The number of amides is 1. The maximum Gasteiger partial charge on any atom is 0.261 e. The first-order chi connectivity index (χ1) is 11.8. The van der Waals surface area contributed by atoms with Gasteiger partial charge in [-0.1, -0.05) is 0 Å². The zero-order chi connectivity index (χ0) is 18.1. The van der Waals surface area contributed by atoms with E-state index in [0.717, 1.165) is 6.07 Å². The van der Waals surface area contributed by atoms with Crippen molar-refractivity contribution >= 4 is 17.5 Å². The Hall–Kier alpha value is -3.10. The molecule has 1 amide bonds. The van der Waals surface area contributed by atoms with Crippen molar-refractivity contribution in [3.05, 3.63) is 53.5 Å². The fourth-order valence-electron chi connectivity index (χ4n) is 2.13. The van der Waals surface area contributed by atoms with E-state index >= 15 is 0 Å². The van der Waals surface area contributed by atoms with E-state index < -0.39 is 28.9 Å². The Balaban J connectivity index is 1.85. The molecule has 0 fully saturated rings. The minimum absolute atomic E-state index is 0.0270. The van der Waals surface area contributed by atoms with Gasteiger partial charge in [0.05, 0.1) is 11.7 Å². The van der Waals surface area contributed by atoms with Gasteiger partial charge in [0, 0.05) is 12.3 Å². The van der Waals surface area contributed by atoms with E-state index in [0.29, 0.717) is 17.5 Å². The number of benzene rings is 1. The van der Waals surface area contributed by atoms with Gasteiger partial charge in [-0.25, -0.2) is 17.7 Å². The van der Waals surface area contributed by atoms with Crippen LogP contribution in [-0.2, 0) is 0 Å². The molecule has 0 aliphatic rings. The van der Waals surface area contributed by atoms with Gasteiger partial charge >= 0.3 is 0 Å². The number of rotatable bonds is 4. The third-order valence-electron chi connectivity index (χ3n) is 3.19. The van der Waals surface area contributed by atoms with Gasteiger partial charge in [-0.3, -0.25) is 10.1 Å².